The van der Waals surface area contributed by atoms with Crippen molar-refractivity contribution in [2.75, 3.05) is 17.4 Å². The first-order chi connectivity index (χ1) is 13.9. The number of anilines is 2. The Bertz CT molecular complexity index is 975. The third-order valence-electron chi connectivity index (χ3n) is 3.80. The van der Waals surface area contributed by atoms with Crippen LogP contribution in [0.25, 0.3) is 0 Å². The minimum atomic E-state index is -1.20. The van der Waals surface area contributed by atoms with Gasteiger partial charge in [0.2, 0.25) is 18.6 Å². The van der Waals surface area contributed by atoms with Crippen LogP contribution in [0.3, 0.4) is 0 Å². The van der Waals surface area contributed by atoms with Crippen LogP contribution < -0.4 is 20.1 Å². The molecule has 9 heteroatoms. The van der Waals surface area contributed by atoms with E-state index in [1.807, 2.05) is 6.07 Å². The number of hydrogen-bond donors (Lipinski definition) is 3. The fraction of sp³-hybridized carbons (Fsp3) is 0.150. The van der Waals surface area contributed by atoms with E-state index in [1.165, 1.54) is 11.8 Å². The molecule has 0 aliphatic carbocycles. The summed E-state index contributed by atoms with van der Waals surface area (Å²) < 4.78 is 10.5. The minimum Gasteiger partial charge on any atom is -0.478 e. The lowest BCUT2D eigenvalue weighted by Gasteiger charge is -2.13. The van der Waals surface area contributed by atoms with Crippen LogP contribution in [0.4, 0.5) is 11.4 Å². The number of carboxylic acids is 1. The Morgan fingerprint density at radius 3 is 2.59 bits per heavy atom. The summed E-state index contributed by atoms with van der Waals surface area (Å²) in [6.45, 7) is 1.94. The first-order valence-corrected chi connectivity index (χ1v) is 9.48. The van der Waals surface area contributed by atoms with Gasteiger partial charge in [-0.1, -0.05) is 6.07 Å². The number of aliphatic carboxylic acids is 1. The summed E-state index contributed by atoms with van der Waals surface area (Å²) in [5.74, 6) is -0.714. The maximum Gasteiger partial charge on any atom is 0.328 e. The fourth-order valence-corrected chi connectivity index (χ4v) is 3.38. The number of hydrogen-bond acceptors (Lipinski definition) is 6. The standard InChI is InChI=1S/C20H18N2O6S/c1-12(20(26)22-14-5-6-16-17(10-14)28-11-27-16)29-15-4-2-3-13(9-15)21-18(23)7-8-19(24)25/h2-10,12H,11H2,1H3,(H,21,23)(H,22,26)(H,24,25)/b8-7+. The Morgan fingerprint density at radius 2 is 1.79 bits per heavy atom. The summed E-state index contributed by atoms with van der Waals surface area (Å²) in [5, 5.41) is 13.6. The van der Waals surface area contributed by atoms with Crippen LogP contribution in [0.5, 0.6) is 11.5 Å². The van der Waals surface area contributed by atoms with Gasteiger partial charge in [-0.3, -0.25) is 9.59 Å². The zero-order valence-corrected chi connectivity index (χ0v) is 16.2. The van der Waals surface area contributed by atoms with Crippen LogP contribution >= 0.6 is 11.8 Å². The molecule has 0 saturated carbocycles. The highest BCUT2D eigenvalue weighted by molar-refractivity contribution is 8.00. The first-order valence-electron chi connectivity index (χ1n) is 8.60. The smallest absolute Gasteiger partial charge is 0.328 e. The van der Waals surface area contributed by atoms with Crippen molar-refractivity contribution in [3.8, 4) is 11.5 Å². The van der Waals surface area contributed by atoms with Gasteiger partial charge >= 0.3 is 5.97 Å². The molecule has 0 aromatic heterocycles. The molecule has 0 saturated heterocycles. The highest BCUT2D eigenvalue weighted by atomic mass is 32.2. The molecule has 29 heavy (non-hydrogen) atoms. The van der Waals surface area contributed by atoms with Gasteiger partial charge in [-0.05, 0) is 37.3 Å². The van der Waals surface area contributed by atoms with E-state index >= 15 is 0 Å². The van der Waals surface area contributed by atoms with Crippen LogP contribution in [0.1, 0.15) is 6.92 Å². The molecule has 0 spiro atoms. The summed E-state index contributed by atoms with van der Waals surface area (Å²) in [5.41, 5.74) is 1.11. The number of carboxylic acid groups (broad SMARTS) is 1. The van der Waals surface area contributed by atoms with E-state index in [0.717, 1.165) is 17.0 Å². The van der Waals surface area contributed by atoms with Gasteiger partial charge in [0.05, 0.1) is 5.25 Å². The van der Waals surface area contributed by atoms with Crippen LogP contribution in [-0.2, 0) is 14.4 Å². The van der Waals surface area contributed by atoms with E-state index in [2.05, 4.69) is 10.6 Å². The Balaban J connectivity index is 1.58. The zero-order chi connectivity index (χ0) is 20.8. The number of thioether (sulfide) groups is 1. The van der Waals surface area contributed by atoms with Gasteiger partial charge in [-0.2, -0.15) is 0 Å². The van der Waals surface area contributed by atoms with Crippen LogP contribution in [0.2, 0.25) is 0 Å². The van der Waals surface area contributed by atoms with Crippen molar-refractivity contribution in [2.45, 2.75) is 17.1 Å². The van der Waals surface area contributed by atoms with E-state index < -0.39 is 17.1 Å². The maximum absolute atomic E-state index is 12.5. The molecular formula is C20H18N2O6S. The van der Waals surface area contributed by atoms with Crippen molar-refractivity contribution in [3.63, 3.8) is 0 Å². The summed E-state index contributed by atoms with van der Waals surface area (Å²) in [6.07, 6.45) is 1.69. The number of carbonyl (C=O) groups is 3. The van der Waals surface area contributed by atoms with Gasteiger partial charge in [0.25, 0.3) is 0 Å². The Labute approximate surface area is 170 Å². The van der Waals surface area contributed by atoms with E-state index in [0.29, 0.717) is 22.9 Å². The molecule has 8 nitrogen and oxygen atoms in total. The zero-order valence-electron chi connectivity index (χ0n) is 15.4. The van der Waals surface area contributed by atoms with Crippen molar-refractivity contribution in [3.05, 3.63) is 54.6 Å². The summed E-state index contributed by atoms with van der Waals surface area (Å²) >= 11 is 1.32. The van der Waals surface area contributed by atoms with Gasteiger partial charge in [-0.25, -0.2) is 4.79 Å². The molecular weight excluding hydrogens is 396 g/mol. The second-order valence-corrected chi connectivity index (χ2v) is 7.42. The average Bonchev–Trinajstić information content (AvgIpc) is 3.14. The normalized spacial score (nSPS) is 13.1. The third-order valence-corrected chi connectivity index (χ3v) is 4.89. The monoisotopic (exact) mass is 414 g/mol. The second-order valence-electron chi connectivity index (χ2n) is 6.01. The number of benzene rings is 2. The number of rotatable bonds is 7. The number of fused-ring (bicyclic) bond motifs is 1. The van der Waals surface area contributed by atoms with E-state index in [9.17, 15) is 14.4 Å². The van der Waals surface area contributed by atoms with E-state index in [-0.39, 0.29) is 12.7 Å². The van der Waals surface area contributed by atoms with Crippen molar-refractivity contribution in [1.29, 1.82) is 0 Å². The van der Waals surface area contributed by atoms with Crippen molar-refractivity contribution in [2.24, 2.45) is 0 Å². The molecule has 1 heterocycles. The second kappa shape index (κ2) is 9.16. The molecule has 0 bridgehead atoms. The number of nitrogens with one attached hydrogen (secondary N) is 2. The molecule has 0 fully saturated rings. The van der Waals surface area contributed by atoms with Crippen molar-refractivity contribution >= 4 is 40.9 Å². The largest absolute Gasteiger partial charge is 0.478 e. The summed E-state index contributed by atoms with van der Waals surface area (Å²) in [7, 11) is 0. The van der Waals surface area contributed by atoms with Crippen molar-refractivity contribution < 1.29 is 29.0 Å². The predicted octanol–water partition coefficient (Wildman–Crippen LogP) is 3.11. The van der Waals surface area contributed by atoms with Crippen LogP contribution in [0.15, 0.2) is 59.5 Å². The highest BCUT2D eigenvalue weighted by Gasteiger charge is 2.18. The first kappa shape index (κ1) is 20.3. The SMILES string of the molecule is CC(Sc1cccc(NC(=O)/C=C/C(=O)O)c1)C(=O)Nc1ccc2c(c1)OCO2. The van der Waals surface area contributed by atoms with Gasteiger partial charge < -0.3 is 25.2 Å². The topological polar surface area (TPSA) is 114 Å². The third kappa shape index (κ3) is 5.76. The quantitative estimate of drug-likeness (QED) is 0.471. The Kier molecular flexibility index (Phi) is 6.40. The highest BCUT2D eigenvalue weighted by Crippen LogP contribution is 2.34. The van der Waals surface area contributed by atoms with Gasteiger partial charge in [0, 0.05) is 34.5 Å². The molecule has 1 aliphatic rings. The van der Waals surface area contributed by atoms with E-state index in [1.54, 1.807) is 43.3 Å². The molecule has 150 valence electrons. The lowest BCUT2D eigenvalue weighted by atomic mass is 10.2. The lowest BCUT2D eigenvalue weighted by Crippen LogP contribution is -2.22. The fourth-order valence-electron chi connectivity index (χ4n) is 2.45. The average molecular weight is 414 g/mol. The van der Waals surface area contributed by atoms with Gasteiger partial charge in [0.1, 0.15) is 0 Å². The van der Waals surface area contributed by atoms with E-state index in [4.69, 9.17) is 14.6 Å². The molecule has 0 radical (unpaired) electrons. The lowest BCUT2D eigenvalue weighted by molar-refractivity contribution is -0.131. The van der Waals surface area contributed by atoms with Crippen LogP contribution in [-0.4, -0.2) is 34.9 Å². The maximum atomic E-state index is 12.5. The summed E-state index contributed by atoms with van der Waals surface area (Å²) in [6, 6.07) is 12.1. The molecule has 3 rings (SSSR count). The van der Waals surface area contributed by atoms with Crippen LogP contribution in [0, 0.1) is 0 Å². The molecule has 1 aliphatic heterocycles. The molecule has 1 unspecified atom stereocenters. The Morgan fingerprint density at radius 1 is 1.03 bits per heavy atom. The molecule has 2 aromatic carbocycles. The van der Waals surface area contributed by atoms with Crippen molar-refractivity contribution in [1.82, 2.24) is 0 Å². The molecule has 3 N–H and O–H groups in total. The van der Waals surface area contributed by atoms with Gasteiger partial charge in [-0.15, -0.1) is 11.8 Å². The summed E-state index contributed by atoms with van der Waals surface area (Å²) in [4.78, 5) is 35.4. The number of ether oxygens (including phenoxy) is 2. The molecule has 2 amide bonds. The molecule has 2 aromatic rings. The molecule has 1 atom stereocenters. The number of carbonyl (C=O) groups excluding carboxylic acids is 2. The predicted molar refractivity (Wildman–Crippen MR) is 108 cm³/mol. The number of amides is 2. The Hall–Kier alpha value is -3.46. The van der Waals surface area contributed by atoms with Gasteiger partial charge in [0.15, 0.2) is 11.5 Å². The minimum absolute atomic E-state index is 0.165.